The van der Waals surface area contributed by atoms with E-state index in [1.807, 2.05) is 42.5 Å². The second-order valence-electron chi connectivity index (χ2n) is 7.34. The zero-order chi connectivity index (χ0) is 22.2. The molecule has 0 fully saturated rings. The molecule has 0 saturated heterocycles. The molecule has 0 bridgehead atoms. The molecule has 0 radical (unpaired) electrons. The normalized spacial score (nSPS) is 11.6. The summed E-state index contributed by atoms with van der Waals surface area (Å²) in [7, 11) is 6.61. The number of methoxy groups -OCH3 is 4. The molecule has 0 N–H and O–H groups in total. The van der Waals surface area contributed by atoms with Crippen molar-refractivity contribution in [2.24, 2.45) is 0 Å². The third-order valence-corrected chi connectivity index (χ3v) is 5.85. The lowest BCUT2D eigenvalue weighted by Gasteiger charge is -2.20. The van der Waals surface area contributed by atoms with Crippen LogP contribution < -0.4 is 18.9 Å². The van der Waals surface area contributed by atoms with Crippen molar-refractivity contribution in [1.82, 2.24) is 0 Å². The number of halogens is 1. The molecule has 1 atom stereocenters. The van der Waals surface area contributed by atoms with Crippen molar-refractivity contribution < 1.29 is 18.9 Å². The highest BCUT2D eigenvalue weighted by Gasteiger charge is 2.17. The first-order chi connectivity index (χ1) is 15.1. The molecule has 4 nitrogen and oxygen atoms in total. The van der Waals surface area contributed by atoms with Crippen molar-refractivity contribution in [2.45, 2.75) is 25.2 Å². The topological polar surface area (TPSA) is 36.9 Å². The average Bonchev–Trinajstić information content (AvgIpc) is 2.81. The van der Waals surface area contributed by atoms with Gasteiger partial charge in [0, 0.05) is 5.02 Å². The van der Waals surface area contributed by atoms with Crippen LogP contribution in [0.3, 0.4) is 0 Å². The maximum absolute atomic E-state index is 6.58. The number of hydrogen-bond donors (Lipinski definition) is 0. The second-order valence-corrected chi connectivity index (χ2v) is 7.75. The fourth-order valence-corrected chi connectivity index (χ4v) is 4.13. The van der Waals surface area contributed by atoms with Gasteiger partial charge in [0.1, 0.15) is 0 Å². The highest BCUT2D eigenvalue weighted by Crippen LogP contribution is 2.35. The summed E-state index contributed by atoms with van der Waals surface area (Å²) >= 11 is 6.58. The van der Waals surface area contributed by atoms with Gasteiger partial charge in [0.25, 0.3) is 0 Å². The number of benzene rings is 3. The predicted molar refractivity (Wildman–Crippen MR) is 125 cm³/mol. The van der Waals surface area contributed by atoms with E-state index in [2.05, 4.69) is 18.2 Å². The Balaban J connectivity index is 1.85. The Bertz CT molecular complexity index is 1000. The van der Waals surface area contributed by atoms with Crippen molar-refractivity contribution >= 4 is 11.6 Å². The summed E-state index contributed by atoms with van der Waals surface area (Å²) in [6.07, 6.45) is 2.68. The first-order valence-corrected chi connectivity index (χ1v) is 10.6. The molecule has 0 heterocycles. The van der Waals surface area contributed by atoms with Crippen LogP contribution in [-0.2, 0) is 12.8 Å². The Morgan fingerprint density at radius 2 is 1.23 bits per heavy atom. The van der Waals surface area contributed by atoms with Crippen molar-refractivity contribution in [3.8, 4) is 23.0 Å². The lowest BCUT2D eigenvalue weighted by atomic mass is 9.87. The maximum atomic E-state index is 6.58. The van der Waals surface area contributed by atoms with E-state index in [0.29, 0.717) is 0 Å². The molecule has 1 unspecified atom stereocenters. The Hall–Kier alpha value is -2.85. The number of aryl methyl sites for hydroxylation is 1. The van der Waals surface area contributed by atoms with Crippen molar-refractivity contribution in [1.29, 1.82) is 0 Å². The molecule has 0 aliphatic heterocycles. The number of rotatable bonds is 10. The number of ether oxygens (including phenoxy) is 4. The quantitative estimate of drug-likeness (QED) is 0.369. The summed E-state index contributed by atoms with van der Waals surface area (Å²) in [6, 6.07) is 20.2. The van der Waals surface area contributed by atoms with Crippen LogP contribution in [0.25, 0.3) is 0 Å². The molecule has 0 aliphatic rings. The van der Waals surface area contributed by atoms with Crippen LogP contribution in [0.1, 0.15) is 29.0 Å². The van der Waals surface area contributed by atoms with Gasteiger partial charge in [0.2, 0.25) is 0 Å². The molecular formula is C26H29ClO4. The molecule has 0 aromatic heterocycles. The first kappa shape index (κ1) is 22.8. The van der Waals surface area contributed by atoms with Gasteiger partial charge in [-0.15, -0.1) is 0 Å². The molecule has 3 rings (SSSR count). The molecule has 5 heteroatoms. The minimum absolute atomic E-state index is 0.250. The fourth-order valence-electron chi connectivity index (χ4n) is 3.84. The predicted octanol–water partition coefficient (Wildman–Crippen LogP) is 6.33. The minimum atomic E-state index is 0.250. The van der Waals surface area contributed by atoms with E-state index >= 15 is 0 Å². The van der Waals surface area contributed by atoms with E-state index < -0.39 is 0 Å². The highest BCUT2D eigenvalue weighted by atomic mass is 35.5. The van der Waals surface area contributed by atoms with Gasteiger partial charge in [-0.05, 0) is 72.2 Å². The minimum Gasteiger partial charge on any atom is -0.493 e. The van der Waals surface area contributed by atoms with Crippen LogP contribution >= 0.6 is 11.6 Å². The summed E-state index contributed by atoms with van der Waals surface area (Å²) in [6.45, 7) is 0. The van der Waals surface area contributed by atoms with Crippen LogP contribution in [0.2, 0.25) is 5.02 Å². The van der Waals surface area contributed by atoms with Crippen molar-refractivity contribution in [2.75, 3.05) is 28.4 Å². The van der Waals surface area contributed by atoms with Crippen LogP contribution in [0.4, 0.5) is 0 Å². The van der Waals surface area contributed by atoms with Crippen molar-refractivity contribution in [3.05, 3.63) is 82.4 Å². The number of hydrogen-bond acceptors (Lipinski definition) is 4. The van der Waals surface area contributed by atoms with E-state index in [1.54, 1.807) is 28.4 Å². The molecule has 3 aromatic carbocycles. The van der Waals surface area contributed by atoms with E-state index in [-0.39, 0.29) is 5.92 Å². The summed E-state index contributed by atoms with van der Waals surface area (Å²) in [5.74, 6) is 3.19. The summed E-state index contributed by atoms with van der Waals surface area (Å²) in [5, 5.41) is 0.792. The molecule has 0 saturated carbocycles. The second kappa shape index (κ2) is 11.0. The molecular weight excluding hydrogens is 412 g/mol. The highest BCUT2D eigenvalue weighted by molar-refractivity contribution is 6.31. The fraction of sp³-hybridized carbons (Fsp3) is 0.308. The van der Waals surface area contributed by atoms with Gasteiger partial charge in [-0.3, -0.25) is 0 Å². The Morgan fingerprint density at radius 1 is 0.677 bits per heavy atom. The zero-order valence-electron chi connectivity index (χ0n) is 18.5. The molecule has 0 aliphatic carbocycles. The van der Waals surface area contributed by atoms with Crippen LogP contribution in [0, 0.1) is 0 Å². The van der Waals surface area contributed by atoms with E-state index in [4.69, 9.17) is 30.5 Å². The SMILES string of the molecule is COc1ccc(CCC(Cc2ccc(OC)c(OC)c2)c2ccccc2Cl)cc1OC. The van der Waals surface area contributed by atoms with Gasteiger partial charge in [0.15, 0.2) is 23.0 Å². The Kier molecular flexibility index (Phi) is 8.07. The smallest absolute Gasteiger partial charge is 0.160 e. The third-order valence-electron chi connectivity index (χ3n) is 5.50. The van der Waals surface area contributed by atoms with Gasteiger partial charge in [-0.2, -0.15) is 0 Å². The zero-order valence-corrected chi connectivity index (χ0v) is 19.2. The average molecular weight is 441 g/mol. The summed E-state index contributed by atoms with van der Waals surface area (Å²) in [4.78, 5) is 0. The van der Waals surface area contributed by atoms with Crippen LogP contribution in [0.5, 0.6) is 23.0 Å². The van der Waals surface area contributed by atoms with Gasteiger partial charge in [0.05, 0.1) is 28.4 Å². The van der Waals surface area contributed by atoms with E-state index in [0.717, 1.165) is 52.8 Å². The van der Waals surface area contributed by atoms with E-state index in [9.17, 15) is 0 Å². The molecule has 0 amide bonds. The summed E-state index contributed by atoms with van der Waals surface area (Å²) < 4.78 is 21.7. The standard InChI is InChI=1S/C26H29ClO4/c1-28-23-13-10-18(16-25(23)30-3)9-12-20(21-7-5-6-8-22(21)27)15-19-11-14-24(29-2)26(17-19)31-4/h5-8,10-11,13-14,16-17,20H,9,12,15H2,1-4H3. The van der Waals surface area contributed by atoms with Crippen LogP contribution in [-0.4, -0.2) is 28.4 Å². The van der Waals surface area contributed by atoms with Crippen molar-refractivity contribution in [3.63, 3.8) is 0 Å². The molecule has 0 spiro atoms. The maximum Gasteiger partial charge on any atom is 0.160 e. The van der Waals surface area contributed by atoms with Crippen LogP contribution in [0.15, 0.2) is 60.7 Å². The first-order valence-electron chi connectivity index (χ1n) is 10.3. The summed E-state index contributed by atoms with van der Waals surface area (Å²) in [5.41, 5.74) is 3.52. The van der Waals surface area contributed by atoms with E-state index in [1.165, 1.54) is 11.1 Å². The largest absolute Gasteiger partial charge is 0.493 e. The van der Waals surface area contributed by atoms with Gasteiger partial charge in [-0.25, -0.2) is 0 Å². The van der Waals surface area contributed by atoms with Gasteiger partial charge >= 0.3 is 0 Å². The molecule has 3 aromatic rings. The van der Waals surface area contributed by atoms with Gasteiger partial charge < -0.3 is 18.9 Å². The Labute approximate surface area is 189 Å². The van der Waals surface area contributed by atoms with Gasteiger partial charge in [-0.1, -0.05) is 41.9 Å². The monoisotopic (exact) mass is 440 g/mol. The third kappa shape index (κ3) is 5.65. The molecule has 164 valence electrons. The Morgan fingerprint density at radius 3 is 1.81 bits per heavy atom. The lowest BCUT2D eigenvalue weighted by Crippen LogP contribution is -2.06. The molecule has 31 heavy (non-hydrogen) atoms. The lowest BCUT2D eigenvalue weighted by molar-refractivity contribution is 0.354.